The second kappa shape index (κ2) is 7.15. The van der Waals surface area contributed by atoms with Crippen molar-refractivity contribution in [3.63, 3.8) is 0 Å². The predicted molar refractivity (Wildman–Crippen MR) is 110 cm³/mol. The molecule has 0 saturated carbocycles. The lowest BCUT2D eigenvalue weighted by atomic mass is 9.94. The smallest absolute Gasteiger partial charge is 0.273 e. The number of methoxy groups -OCH3 is 1. The van der Waals surface area contributed by atoms with E-state index in [0.29, 0.717) is 5.69 Å². The van der Waals surface area contributed by atoms with E-state index in [9.17, 15) is 4.79 Å². The largest absolute Gasteiger partial charge is 0.497 e. The van der Waals surface area contributed by atoms with E-state index in [4.69, 9.17) is 4.74 Å². The quantitative estimate of drug-likeness (QED) is 0.709. The molecule has 1 atom stereocenters. The van der Waals surface area contributed by atoms with Crippen molar-refractivity contribution in [2.75, 3.05) is 7.11 Å². The molecule has 5 heteroatoms. The molecule has 28 heavy (non-hydrogen) atoms. The van der Waals surface area contributed by atoms with Crippen LogP contribution in [0.25, 0.3) is 11.3 Å². The third kappa shape index (κ3) is 2.87. The molecule has 0 bridgehead atoms. The molecule has 0 spiro atoms. The molecule has 2 aromatic carbocycles. The minimum atomic E-state index is -0.149. The molecule has 3 aromatic rings. The Morgan fingerprint density at radius 1 is 1.11 bits per heavy atom. The van der Waals surface area contributed by atoms with Gasteiger partial charge in [0.1, 0.15) is 11.4 Å². The van der Waals surface area contributed by atoms with Crippen LogP contribution < -0.4 is 4.74 Å². The van der Waals surface area contributed by atoms with Crippen molar-refractivity contribution >= 4 is 5.91 Å². The van der Waals surface area contributed by atoms with Crippen LogP contribution >= 0.6 is 0 Å². The molecule has 144 valence electrons. The van der Waals surface area contributed by atoms with E-state index in [1.165, 1.54) is 5.56 Å². The molecule has 5 nitrogen and oxygen atoms in total. The van der Waals surface area contributed by atoms with Crippen LogP contribution in [0.4, 0.5) is 0 Å². The standard InChI is InChI=1S/C23H25N3O2/c1-5-15-6-8-17(9-7-15)22-19-20(16-10-12-18(28-4)13-11-16)24-25-21(19)23(27)26(22)14(2)3/h6-14,22H,5H2,1-4H3,(H,24,25). The maximum Gasteiger partial charge on any atom is 0.273 e. The number of H-pyrrole nitrogens is 1. The monoisotopic (exact) mass is 375 g/mol. The third-order valence-electron chi connectivity index (χ3n) is 5.43. The zero-order valence-electron chi connectivity index (χ0n) is 16.7. The topological polar surface area (TPSA) is 58.2 Å². The van der Waals surface area contributed by atoms with Gasteiger partial charge in [0.25, 0.3) is 5.91 Å². The Bertz CT molecular complexity index is 988. The van der Waals surface area contributed by atoms with Gasteiger partial charge in [-0.2, -0.15) is 5.10 Å². The number of fused-ring (bicyclic) bond motifs is 1. The molecule has 1 aliphatic rings. The summed E-state index contributed by atoms with van der Waals surface area (Å²) in [5.74, 6) is 0.796. The Hall–Kier alpha value is -3.08. The van der Waals surface area contributed by atoms with E-state index in [1.807, 2.05) is 29.2 Å². The number of hydrogen-bond acceptors (Lipinski definition) is 3. The van der Waals surface area contributed by atoms with E-state index in [2.05, 4.69) is 55.2 Å². The molecule has 1 aromatic heterocycles. The zero-order chi connectivity index (χ0) is 19.8. The molecular weight excluding hydrogens is 350 g/mol. The van der Waals surface area contributed by atoms with Crippen LogP contribution in [0.15, 0.2) is 48.5 Å². The van der Waals surface area contributed by atoms with E-state index >= 15 is 0 Å². The maximum absolute atomic E-state index is 13.1. The van der Waals surface area contributed by atoms with Gasteiger partial charge in [0.2, 0.25) is 0 Å². The first-order valence-corrected chi connectivity index (χ1v) is 9.69. The van der Waals surface area contributed by atoms with Gasteiger partial charge in [-0.1, -0.05) is 31.2 Å². The number of carbonyl (C=O) groups excluding carboxylic acids is 1. The summed E-state index contributed by atoms with van der Waals surface area (Å²) >= 11 is 0. The van der Waals surface area contributed by atoms with Crippen molar-refractivity contribution in [1.82, 2.24) is 15.1 Å². The summed E-state index contributed by atoms with van der Waals surface area (Å²) in [6, 6.07) is 16.3. The Kier molecular flexibility index (Phi) is 4.67. The Balaban J connectivity index is 1.85. The minimum Gasteiger partial charge on any atom is -0.497 e. The van der Waals surface area contributed by atoms with Crippen LogP contribution in [0.3, 0.4) is 0 Å². The second-order valence-corrected chi connectivity index (χ2v) is 7.39. The number of aromatic nitrogens is 2. The minimum absolute atomic E-state index is 0.00169. The summed E-state index contributed by atoms with van der Waals surface area (Å²) < 4.78 is 5.27. The molecule has 4 rings (SSSR count). The van der Waals surface area contributed by atoms with E-state index < -0.39 is 0 Å². The molecule has 1 N–H and O–H groups in total. The summed E-state index contributed by atoms with van der Waals surface area (Å²) in [6.45, 7) is 6.25. The third-order valence-corrected chi connectivity index (χ3v) is 5.43. The lowest BCUT2D eigenvalue weighted by Crippen LogP contribution is -2.35. The van der Waals surface area contributed by atoms with Crippen LogP contribution in [0, 0.1) is 0 Å². The van der Waals surface area contributed by atoms with Gasteiger partial charge in [0.05, 0.1) is 18.8 Å². The normalized spacial score (nSPS) is 16.0. The summed E-state index contributed by atoms with van der Waals surface area (Å²) in [5.41, 5.74) is 5.71. The van der Waals surface area contributed by atoms with Crippen molar-refractivity contribution in [2.45, 2.75) is 39.3 Å². The summed E-state index contributed by atoms with van der Waals surface area (Å²) in [7, 11) is 1.65. The van der Waals surface area contributed by atoms with Crippen molar-refractivity contribution in [3.8, 4) is 17.0 Å². The lowest BCUT2D eigenvalue weighted by Gasteiger charge is -2.30. The van der Waals surface area contributed by atoms with E-state index in [-0.39, 0.29) is 18.0 Å². The first-order valence-electron chi connectivity index (χ1n) is 9.69. The van der Waals surface area contributed by atoms with Crippen molar-refractivity contribution in [1.29, 1.82) is 0 Å². The number of benzene rings is 2. The van der Waals surface area contributed by atoms with Crippen LogP contribution in [0.5, 0.6) is 5.75 Å². The van der Waals surface area contributed by atoms with Crippen LogP contribution in [-0.4, -0.2) is 34.2 Å². The Morgan fingerprint density at radius 3 is 2.36 bits per heavy atom. The van der Waals surface area contributed by atoms with Gasteiger partial charge in [0, 0.05) is 17.2 Å². The summed E-state index contributed by atoms with van der Waals surface area (Å²) in [6.07, 6.45) is 0.992. The predicted octanol–water partition coefficient (Wildman–Crippen LogP) is 4.60. The number of aromatic amines is 1. The maximum atomic E-state index is 13.1. The molecule has 0 saturated heterocycles. The van der Waals surface area contributed by atoms with Gasteiger partial charge >= 0.3 is 0 Å². The molecule has 1 amide bonds. The van der Waals surface area contributed by atoms with Gasteiger partial charge in [0.15, 0.2) is 0 Å². The molecule has 1 aliphatic heterocycles. The lowest BCUT2D eigenvalue weighted by molar-refractivity contribution is 0.0688. The van der Waals surface area contributed by atoms with Crippen LogP contribution in [-0.2, 0) is 6.42 Å². The number of ether oxygens (including phenoxy) is 1. The number of amides is 1. The average Bonchev–Trinajstić information content (AvgIpc) is 3.27. The van der Waals surface area contributed by atoms with Crippen LogP contribution in [0.2, 0.25) is 0 Å². The first kappa shape index (κ1) is 18.3. The van der Waals surface area contributed by atoms with E-state index in [0.717, 1.165) is 34.6 Å². The van der Waals surface area contributed by atoms with Gasteiger partial charge in [-0.25, -0.2) is 0 Å². The second-order valence-electron chi connectivity index (χ2n) is 7.39. The number of nitrogens with zero attached hydrogens (tertiary/aromatic N) is 2. The number of aryl methyl sites for hydroxylation is 1. The molecule has 1 unspecified atom stereocenters. The van der Waals surface area contributed by atoms with Crippen molar-refractivity contribution in [3.05, 3.63) is 70.9 Å². The van der Waals surface area contributed by atoms with Gasteiger partial charge in [-0.3, -0.25) is 9.89 Å². The highest BCUT2D eigenvalue weighted by atomic mass is 16.5. The number of rotatable bonds is 5. The first-order chi connectivity index (χ1) is 13.5. The highest BCUT2D eigenvalue weighted by molar-refractivity contribution is 6.00. The molecule has 0 fully saturated rings. The molecule has 2 heterocycles. The van der Waals surface area contributed by atoms with E-state index in [1.54, 1.807) is 7.11 Å². The zero-order valence-corrected chi connectivity index (χ0v) is 16.7. The highest BCUT2D eigenvalue weighted by Crippen LogP contribution is 2.43. The Labute approximate surface area is 165 Å². The number of hydrogen-bond donors (Lipinski definition) is 1. The average molecular weight is 375 g/mol. The number of carbonyl (C=O) groups is 1. The fourth-order valence-electron chi connectivity index (χ4n) is 3.93. The van der Waals surface area contributed by atoms with Gasteiger partial charge < -0.3 is 9.64 Å². The molecule has 0 aliphatic carbocycles. The van der Waals surface area contributed by atoms with Crippen molar-refractivity contribution in [2.24, 2.45) is 0 Å². The summed E-state index contributed by atoms with van der Waals surface area (Å²) in [5, 5.41) is 7.50. The summed E-state index contributed by atoms with van der Waals surface area (Å²) in [4.78, 5) is 15.1. The fraction of sp³-hybridized carbons (Fsp3) is 0.304. The van der Waals surface area contributed by atoms with Crippen LogP contribution in [0.1, 0.15) is 54.0 Å². The SMILES string of the molecule is CCc1ccc(C2c3c(-c4ccc(OC)cc4)n[nH]c3C(=O)N2C(C)C)cc1. The fourth-order valence-corrected chi connectivity index (χ4v) is 3.93. The van der Waals surface area contributed by atoms with Gasteiger partial charge in [-0.05, 0) is 55.7 Å². The Morgan fingerprint density at radius 2 is 1.79 bits per heavy atom. The number of nitrogens with one attached hydrogen (secondary N) is 1. The molecular formula is C23H25N3O2. The highest BCUT2D eigenvalue weighted by Gasteiger charge is 2.43. The van der Waals surface area contributed by atoms with Gasteiger partial charge in [-0.15, -0.1) is 0 Å². The van der Waals surface area contributed by atoms with Crippen molar-refractivity contribution < 1.29 is 9.53 Å². The molecule has 0 radical (unpaired) electrons.